The van der Waals surface area contributed by atoms with E-state index in [-0.39, 0.29) is 10.8 Å². The Morgan fingerprint density at radius 1 is 1.43 bits per heavy atom. The van der Waals surface area contributed by atoms with Crippen LogP contribution in [-0.2, 0) is 7.05 Å². The van der Waals surface area contributed by atoms with E-state index in [1.807, 2.05) is 11.6 Å². The molecule has 1 heterocycles. The van der Waals surface area contributed by atoms with Crippen molar-refractivity contribution in [3.05, 3.63) is 45.7 Å². The third kappa shape index (κ3) is 2.75. The Labute approximate surface area is 123 Å². The van der Waals surface area contributed by atoms with Gasteiger partial charge in [0.05, 0.1) is 4.92 Å². The summed E-state index contributed by atoms with van der Waals surface area (Å²) < 4.78 is 1.94. The van der Waals surface area contributed by atoms with Crippen molar-refractivity contribution in [1.29, 1.82) is 0 Å². The van der Waals surface area contributed by atoms with E-state index in [2.05, 4.69) is 16.3 Å². The first-order valence-electron chi connectivity index (χ1n) is 7.55. The SMILES string of the molecule is Cn1cnnc1C(C1=CCCC([N+](=O)[O-])=C1)C1CCCC1. The van der Waals surface area contributed by atoms with Crippen molar-refractivity contribution in [2.75, 3.05) is 0 Å². The maximum absolute atomic E-state index is 11.1. The molecule has 1 aromatic heterocycles. The fourth-order valence-corrected chi connectivity index (χ4v) is 3.57. The highest BCUT2D eigenvalue weighted by molar-refractivity contribution is 5.34. The molecule has 1 fully saturated rings. The van der Waals surface area contributed by atoms with Gasteiger partial charge in [0, 0.05) is 25.5 Å². The molecule has 0 aliphatic heterocycles. The van der Waals surface area contributed by atoms with E-state index in [4.69, 9.17) is 0 Å². The van der Waals surface area contributed by atoms with Gasteiger partial charge in [-0.2, -0.15) is 0 Å². The lowest BCUT2D eigenvalue weighted by molar-refractivity contribution is -0.428. The summed E-state index contributed by atoms with van der Waals surface area (Å²) in [4.78, 5) is 10.8. The monoisotopic (exact) mass is 288 g/mol. The molecule has 0 spiro atoms. The lowest BCUT2D eigenvalue weighted by atomic mass is 9.81. The number of nitro groups is 1. The van der Waals surface area contributed by atoms with Crippen LogP contribution in [0.2, 0.25) is 0 Å². The largest absolute Gasteiger partial charge is 0.320 e. The van der Waals surface area contributed by atoms with E-state index < -0.39 is 0 Å². The second kappa shape index (κ2) is 5.79. The van der Waals surface area contributed by atoms with Crippen molar-refractivity contribution >= 4 is 0 Å². The average molecular weight is 288 g/mol. The Bertz CT molecular complexity index is 597. The Morgan fingerprint density at radius 3 is 2.81 bits per heavy atom. The molecule has 21 heavy (non-hydrogen) atoms. The van der Waals surface area contributed by atoms with Crippen LogP contribution < -0.4 is 0 Å². The molecule has 1 saturated carbocycles. The summed E-state index contributed by atoms with van der Waals surface area (Å²) in [5, 5.41) is 19.3. The Balaban J connectivity index is 1.98. The van der Waals surface area contributed by atoms with Crippen LogP contribution in [-0.4, -0.2) is 19.7 Å². The number of nitrogens with zero attached hydrogens (tertiary/aromatic N) is 4. The highest BCUT2D eigenvalue weighted by atomic mass is 16.6. The van der Waals surface area contributed by atoms with Gasteiger partial charge in [-0.3, -0.25) is 10.1 Å². The van der Waals surface area contributed by atoms with Crippen molar-refractivity contribution in [2.24, 2.45) is 13.0 Å². The average Bonchev–Trinajstić information content (AvgIpc) is 3.13. The molecule has 1 unspecified atom stereocenters. The van der Waals surface area contributed by atoms with Gasteiger partial charge < -0.3 is 4.57 Å². The molecule has 0 bridgehead atoms. The molecule has 6 nitrogen and oxygen atoms in total. The topological polar surface area (TPSA) is 73.8 Å². The zero-order valence-electron chi connectivity index (χ0n) is 12.2. The third-order valence-corrected chi connectivity index (χ3v) is 4.60. The molecule has 6 heteroatoms. The first-order chi connectivity index (χ1) is 10.2. The van der Waals surface area contributed by atoms with Crippen molar-refractivity contribution in [3.63, 3.8) is 0 Å². The van der Waals surface area contributed by atoms with Gasteiger partial charge in [0.2, 0.25) is 5.70 Å². The van der Waals surface area contributed by atoms with E-state index in [0.29, 0.717) is 18.0 Å². The van der Waals surface area contributed by atoms with Crippen LogP contribution in [0.15, 0.2) is 29.7 Å². The van der Waals surface area contributed by atoms with Crippen LogP contribution in [0.3, 0.4) is 0 Å². The number of rotatable bonds is 4. The van der Waals surface area contributed by atoms with Crippen molar-refractivity contribution in [2.45, 2.75) is 44.4 Å². The fourth-order valence-electron chi connectivity index (χ4n) is 3.57. The standard InChI is InChI=1S/C15H20N4O2/c1-18-10-16-17-15(18)14(11-5-2-3-6-11)12-7-4-8-13(9-12)19(20)21/h7,9-11,14H,2-6,8H2,1H3. The second-order valence-electron chi connectivity index (χ2n) is 5.96. The lowest BCUT2D eigenvalue weighted by Gasteiger charge is -2.25. The fraction of sp³-hybridized carbons (Fsp3) is 0.600. The number of aromatic nitrogens is 3. The van der Waals surface area contributed by atoms with E-state index >= 15 is 0 Å². The van der Waals surface area contributed by atoms with Gasteiger partial charge in [0.1, 0.15) is 12.2 Å². The highest BCUT2D eigenvalue weighted by Gasteiger charge is 2.33. The molecule has 2 aliphatic rings. The quantitative estimate of drug-likeness (QED) is 0.630. The first-order valence-corrected chi connectivity index (χ1v) is 7.55. The van der Waals surface area contributed by atoms with E-state index in [1.54, 1.807) is 12.4 Å². The van der Waals surface area contributed by atoms with Gasteiger partial charge >= 0.3 is 0 Å². The minimum Gasteiger partial charge on any atom is -0.320 e. The minimum atomic E-state index is -0.255. The maximum atomic E-state index is 11.1. The van der Waals surface area contributed by atoms with Crippen LogP contribution in [0.25, 0.3) is 0 Å². The van der Waals surface area contributed by atoms with Crippen LogP contribution in [0.1, 0.15) is 50.3 Å². The molecule has 0 aromatic carbocycles. The number of hydrogen-bond acceptors (Lipinski definition) is 4. The molecule has 0 saturated heterocycles. The number of hydrogen-bond donors (Lipinski definition) is 0. The Morgan fingerprint density at radius 2 is 2.19 bits per heavy atom. The number of allylic oxidation sites excluding steroid dienone is 4. The van der Waals surface area contributed by atoms with Gasteiger partial charge in [0.25, 0.3) is 0 Å². The number of aryl methyl sites for hydroxylation is 1. The molecular weight excluding hydrogens is 268 g/mol. The molecule has 1 aromatic rings. The third-order valence-electron chi connectivity index (χ3n) is 4.60. The van der Waals surface area contributed by atoms with E-state index in [1.165, 1.54) is 12.8 Å². The normalized spacial score (nSPS) is 21.0. The van der Waals surface area contributed by atoms with Gasteiger partial charge in [-0.25, -0.2) is 0 Å². The predicted octanol–water partition coefficient (Wildman–Crippen LogP) is 2.97. The van der Waals surface area contributed by atoms with Crippen LogP contribution in [0, 0.1) is 16.0 Å². The predicted molar refractivity (Wildman–Crippen MR) is 78.1 cm³/mol. The molecule has 2 aliphatic carbocycles. The van der Waals surface area contributed by atoms with Crippen LogP contribution >= 0.6 is 0 Å². The molecule has 0 amide bonds. The zero-order chi connectivity index (χ0) is 14.8. The first kappa shape index (κ1) is 14.0. The van der Waals surface area contributed by atoms with E-state index in [9.17, 15) is 10.1 Å². The summed E-state index contributed by atoms with van der Waals surface area (Å²) in [6.45, 7) is 0. The molecule has 0 radical (unpaired) electrons. The Kier molecular flexibility index (Phi) is 3.86. The molecule has 3 rings (SSSR count). The van der Waals surface area contributed by atoms with Gasteiger partial charge in [-0.15, -0.1) is 10.2 Å². The molecular formula is C15H20N4O2. The van der Waals surface area contributed by atoms with Crippen molar-refractivity contribution in [1.82, 2.24) is 14.8 Å². The molecule has 0 N–H and O–H groups in total. The maximum Gasteiger partial charge on any atom is 0.246 e. The summed E-state index contributed by atoms with van der Waals surface area (Å²) in [5.74, 6) is 1.57. The van der Waals surface area contributed by atoms with Crippen molar-refractivity contribution < 1.29 is 4.92 Å². The summed E-state index contributed by atoms with van der Waals surface area (Å²) >= 11 is 0. The van der Waals surface area contributed by atoms with Gasteiger partial charge in [-0.05, 0) is 30.8 Å². The van der Waals surface area contributed by atoms with Crippen molar-refractivity contribution in [3.8, 4) is 0 Å². The minimum absolute atomic E-state index is 0.134. The lowest BCUT2D eigenvalue weighted by Crippen LogP contribution is -2.18. The van der Waals surface area contributed by atoms with E-state index in [0.717, 1.165) is 30.7 Å². The zero-order valence-corrected chi connectivity index (χ0v) is 12.2. The smallest absolute Gasteiger partial charge is 0.246 e. The summed E-state index contributed by atoms with van der Waals surface area (Å²) in [5.41, 5.74) is 1.37. The summed E-state index contributed by atoms with van der Waals surface area (Å²) in [6, 6.07) is 0. The summed E-state index contributed by atoms with van der Waals surface area (Å²) in [7, 11) is 1.94. The highest BCUT2D eigenvalue weighted by Crippen LogP contribution is 2.42. The van der Waals surface area contributed by atoms with Crippen LogP contribution in [0.4, 0.5) is 0 Å². The van der Waals surface area contributed by atoms with Gasteiger partial charge in [0.15, 0.2) is 0 Å². The molecule has 112 valence electrons. The second-order valence-corrected chi connectivity index (χ2v) is 5.96. The Hall–Kier alpha value is -1.98. The summed E-state index contributed by atoms with van der Waals surface area (Å²) in [6.07, 6.45) is 11.7. The molecule has 1 atom stereocenters. The van der Waals surface area contributed by atoms with Gasteiger partial charge in [-0.1, -0.05) is 18.9 Å². The van der Waals surface area contributed by atoms with Crippen LogP contribution in [0.5, 0.6) is 0 Å².